The van der Waals surface area contributed by atoms with Gasteiger partial charge in [-0.15, -0.1) is 16.8 Å². The van der Waals surface area contributed by atoms with Crippen LogP contribution in [0.15, 0.2) is 54.2 Å². The molecule has 0 fully saturated rings. The predicted octanol–water partition coefficient (Wildman–Crippen LogP) is 5.34. The highest BCUT2D eigenvalue weighted by Crippen LogP contribution is 2.23. The van der Waals surface area contributed by atoms with Gasteiger partial charge in [-0.3, -0.25) is 9.59 Å². The molecule has 172 valence electrons. The zero-order valence-corrected chi connectivity index (χ0v) is 22.1. The summed E-state index contributed by atoms with van der Waals surface area (Å²) >= 11 is 15.4. The second kappa shape index (κ2) is 11.9. The van der Waals surface area contributed by atoms with Gasteiger partial charge in [0.25, 0.3) is 5.91 Å². The van der Waals surface area contributed by atoms with Crippen LogP contribution in [0, 0.1) is 10.5 Å². The Morgan fingerprint density at radius 2 is 1.97 bits per heavy atom. The van der Waals surface area contributed by atoms with Crippen molar-refractivity contribution in [1.29, 1.82) is 0 Å². The van der Waals surface area contributed by atoms with Crippen molar-refractivity contribution in [2.75, 3.05) is 11.1 Å². The van der Waals surface area contributed by atoms with E-state index in [-0.39, 0.29) is 24.1 Å². The number of carbonyl (C=O) groups is 2. The van der Waals surface area contributed by atoms with Crippen LogP contribution in [0.2, 0.25) is 10.0 Å². The van der Waals surface area contributed by atoms with Crippen LogP contribution < -0.4 is 10.6 Å². The Hall–Kier alpha value is -2.08. The third-order valence-corrected chi connectivity index (χ3v) is 6.87. The van der Waals surface area contributed by atoms with E-state index in [1.807, 2.05) is 25.1 Å². The predicted molar refractivity (Wildman–Crippen MR) is 141 cm³/mol. The van der Waals surface area contributed by atoms with Gasteiger partial charge in [0, 0.05) is 21.4 Å². The molecule has 1 heterocycles. The minimum absolute atomic E-state index is 0.146. The standard InChI is InChI=1S/C22H20Cl2IN5O2S/c1-3-8-30-19(11-26-21(32)14-4-6-16(23)17(24)10-14)28-29-22(30)33-12-20(31)27-18-7-5-15(25)9-13(18)2/h3-7,9-10H,1,8,11-12H2,2H3,(H,26,32)(H,27,31). The van der Waals surface area contributed by atoms with Crippen LogP contribution in [0.5, 0.6) is 0 Å². The van der Waals surface area contributed by atoms with E-state index in [1.165, 1.54) is 17.8 Å². The highest BCUT2D eigenvalue weighted by Gasteiger charge is 2.16. The zero-order chi connectivity index (χ0) is 24.0. The lowest BCUT2D eigenvalue weighted by atomic mass is 10.2. The summed E-state index contributed by atoms with van der Waals surface area (Å²) in [7, 11) is 0. The van der Waals surface area contributed by atoms with Crippen LogP contribution in [0.4, 0.5) is 5.69 Å². The van der Waals surface area contributed by atoms with Crippen LogP contribution in [-0.2, 0) is 17.9 Å². The number of hydrogen-bond acceptors (Lipinski definition) is 5. The number of halogens is 3. The molecule has 2 aromatic carbocycles. The number of thioether (sulfide) groups is 1. The van der Waals surface area contributed by atoms with Crippen LogP contribution in [0.1, 0.15) is 21.7 Å². The molecule has 0 saturated heterocycles. The average molecular weight is 616 g/mol. The molecule has 0 aliphatic rings. The van der Waals surface area contributed by atoms with Crippen molar-refractivity contribution < 1.29 is 9.59 Å². The molecule has 0 radical (unpaired) electrons. The first-order chi connectivity index (χ1) is 15.8. The largest absolute Gasteiger partial charge is 0.345 e. The number of rotatable bonds is 9. The van der Waals surface area contributed by atoms with Gasteiger partial charge in [-0.25, -0.2) is 0 Å². The van der Waals surface area contributed by atoms with E-state index in [1.54, 1.807) is 22.8 Å². The lowest BCUT2D eigenvalue weighted by molar-refractivity contribution is -0.113. The van der Waals surface area contributed by atoms with Gasteiger partial charge in [0.15, 0.2) is 11.0 Å². The number of allylic oxidation sites excluding steroid dienone is 1. The van der Waals surface area contributed by atoms with Crippen molar-refractivity contribution in [3.8, 4) is 0 Å². The van der Waals surface area contributed by atoms with Crippen molar-refractivity contribution in [1.82, 2.24) is 20.1 Å². The number of amides is 2. The van der Waals surface area contributed by atoms with Gasteiger partial charge in [0.2, 0.25) is 5.91 Å². The summed E-state index contributed by atoms with van der Waals surface area (Å²) in [6, 6.07) is 10.5. The highest BCUT2D eigenvalue weighted by molar-refractivity contribution is 14.1. The molecule has 0 atom stereocenters. The second-order valence-corrected chi connectivity index (χ2v) is 9.91. The van der Waals surface area contributed by atoms with Crippen molar-refractivity contribution >= 4 is 75.1 Å². The first kappa shape index (κ1) is 25.5. The van der Waals surface area contributed by atoms with Crippen molar-refractivity contribution in [3.05, 3.63) is 79.6 Å². The summed E-state index contributed by atoms with van der Waals surface area (Å²) in [5, 5.41) is 15.3. The fourth-order valence-corrected chi connectivity index (χ4v) is 4.56. The number of carbonyl (C=O) groups excluding carboxylic acids is 2. The van der Waals surface area contributed by atoms with E-state index in [0.717, 1.165) is 14.8 Å². The van der Waals surface area contributed by atoms with E-state index in [0.29, 0.717) is 33.1 Å². The van der Waals surface area contributed by atoms with Crippen LogP contribution in [0.3, 0.4) is 0 Å². The smallest absolute Gasteiger partial charge is 0.251 e. The third-order valence-electron chi connectivity index (χ3n) is 4.49. The maximum atomic E-state index is 12.4. The maximum Gasteiger partial charge on any atom is 0.251 e. The fraction of sp³-hybridized carbons (Fsp3) is 0.182. The van der Waals surface area contributed by atoms with E-state index < -0.39 is 0 Å². The maximum absolute atomic E-state index is 12.4. The molecule has 0 aliphatic carbocycles. The molecule has 2 N–H and O–H groups in total. The second-order valence-electron chi connectivity index (χ2n) is 6.91. The monoisotopic (exact) mass is 615 g/mol. The third kappa shape index (κ3) is 6.95. The Morgan fingerprint density at radius 1 is 1.18 bits per heavy atom. The molecular weight excluding hydrogens is 596 g/mol. The number of benzene rings is 2. The van der Waals surface area contributed by atoms with Gasteiger partial charge >= 0.3 is 0 Å². The highest BCUT2D eigenvalue weighted by atomic mass is 127. The zero-order valence-electron chi connectivity index (χ0n) is 17.6. The Labute approximate surface area is 219 Å². The molecule has 11 heteroatoms. The summed E-state index contributed by atoms with van der Waals surface area (Å²) in [6.45, 7) is 6.30. The Morgan fingerprint density at radius 3 is 2.67 bits per heavy atom. The van der Waals surface area contributed by atoms with Gasteiger partial charge in [-0.1, -0.05) is 41.0 Å². The SMILES string of the molecule is C=CCn1c(CNC(=O)c2ccc(Cl)c(Cl)c2)nnc1SCC(=O)Nc1ccc(I)cc1C. The van der Waals surface area contributed by atoms with Crippen LogP contribution in [0.25, 0.3) is 0 Å². The number of nitrogens with zero attached hydrogens (tertiary/aromatic N) is 3. The first-order valence-corrected chi connectivity index (χ1v) is 12.6. The number of hydrogen-bond donors (Lipinski definition) is 2. The van der Waals surface area contributed by atoms with Gasteiger partial charge in [0.1, 0.15) is 0 Å². The first-order valence-electron chi connectivity index (χ1n) is 9.73. The van der Waals surface area contributed by atoms with Crippen LogP contribution in [-0.4, -0.2) is 32.3 Å². The lowest BCUT2D eigenvalue weighted by Crippen LogP contribution is -2.25. The summed E-state index contributed by atoms with van der Waals surface area (Å²) in [5.74, 6) is 0.242. The number of nitrogens with one attached hydrogen (secondary N) is 2. The normalized spacial score (nSPS) is 10.7. The summed E-state index contributed by atoms with van der Waals surface area (Å²) in [6.07, 6.45) is 1.70. The molecular formula is C22H20Cl2IN5O2S. The number of anilines is 1. The molecule has 3 aromatic rings. The molecule has 0 saturated carbocycles. The summed E-state index contributed by atoms with van der Waals surface area (Å²) in [5.41, 5.74) is 2.16. The van der Waals surface area contributed by atoms with Gasteiger partial charge in [0.05, 0.1) is 22.3 Å². The molecule has 33 heavy (non-hydrogen) atoms. The molecule has 0 aliphatic heterocycles. The Balaban J connectivity index is 1.62. The van der Waals surface area contributed by atoms with Gasteiger partial charge in [-0.05, 0) is 71.5 Å². The average Bonchev–Trinajstić information content (AvgIpc) is 3.16. The molecule has 3 rings (SSSR count). The van der Waals surface area contributed by atoms with E-state index in [2.05, 4.69) is 50.0 Å². The van der Waals surface area contributed by atoms with Crippen LogP contribution >= 0.6 is 57.6 Å². The Bertz CT molecular complexity index is 1200. The number of aromatic nitrogens is 3. The fourth-order valence-electron chi connectivity index (χ4n) is 2.85. The van der Waals surface area contributed by atoms with Crippen molar-refractivity contribution in [2.45, 2.75) is 25.2 Å². The molecule has 7 nitrogen and oxygen atoms in total. The van der Waals surface area contributed by atoms with E-state index in [9.17, 15) is 9.59 Å². The molecule has 0 unspecified atom stereocenters. The lowest BCUT2D eigenvalue weighted by Gasteiger charge is -2.10. The molecule has 0 bridgehead atoms. The molecule has 1 aromatic heterocycles. The minimum atomic E-state index is -0.316. The Kier molecular flexibility index (Phi) is 9.19. The van der Waals surface area contributed by atoms with E-state index in [4.69, 9.17) is 23.2 Å². The van der Waals surface area contributed by atoms with Crippen molar-refractivity contribution in [3.63, 3.8) is 0 Å². The van der Waals surface area contributed by atoms with Crippen molar-refractivity contribution in [2.24, 2.45) is 0 Å². The van der Waals surface area contributed by atoms with E-state index >= 15 is 0 Å². The molecule has 0 spiro atoms. The van der Waals surface area contributed by atoms with Gasteiger partial charge < -0.3 is 15.2 Å². The minimum Gasteiger partial charge on any atom is -0.345 e. The van der Waals surface area contributed by atoms with Gasteiger partial charge in [-0.2, -0.15) is 0 Å². The molecule has 2 amide bonds. The summed E-state index contributed by atoms with van der Waals surface area (Å²) in [4.78, 5) is 24.9. The quantitative estimate of drug-likeness (QED) is 0.193. The topological polar surface area (TPSA) is 88.9 Å². The summed E-state index contributed by atoms with van der Waals surface area (Å²) < 4.78 is 2.91. The number of aryl methyl sites for hydroxylation is 1.